The van der Waals surface area contributed by atoms with Gasteiger partial charge in [0.2, 0.25) is 0 Å². The number of thiophene rings is 2. The zero-order valence-electron chi connectivity index (χ0n) is 63.9. The Balaban J connectivity index is 0.986. The summed E-state index contributed by atoms with van der Waals surface area (Å²) in [5.74, 6) is 0. The maximum absolute atomic E-state index is 10.5. The number of fused-ring (bicyclic) bond motifs is 16. The first-order valence-electron chi connectivity index (χ1n) is 37.5. The molecule has 0 bridgehead atoms. The average molecular weight is 1240 g/mol. The van der Waals surface area contributed by atoms with E-state index in [0.717, 1.165) is 107 Å². The second-order valence-corrected chi connectivity index (χ2v) is 26.9. The van der Waals surface area contributed by atoms with Crippen molar-refractivity contribution in [2.24, 2.45) is 0 Å². The molecule has 17 aromatic rings. The van der Waals surface area contributed by atoms with Crippen molar-refractivity contribution in [1.29, 1.82) is 5.26 Å². The minimum absolute atomic E-state index is 0.0456. The van der Waals surface area contributed by atoms with Gasteiger partial charge in [-0.1, -0.05) is 160 Å². The quantitative estimate of drug-likeness (QED) is 0.123. The van der Waals surface area contributed by atoms with E-state index in [0.29, 0.717) is 22.7 Å². The molecule has 2 aliphatic rings. The first-order chi connectivity index (χ1) is 51.5. The highest BCUT2D eigenvalue weighted by atomic mass is 32.1. The maximum Gasteiger partial charge on any atom is 0.252 e. The van der Waals surface area contributed by atoms with Gasteiger partial charge < -0.3 is 18.9 Å². The van der Waals surface area contributed by atoms with Gasteiger partial charge in [0.25, 0.3) is 6.71 Å². The molecule has 13 aromatic carbocycles. The minimum Gasteiger partial charge on any atom is -0.311 e. The summed E-state index contributed by atoms with van der Waals surface area (Å²) < 4.78 is 139. The molecule has 9 heteroatoms. The van der Waals surface area contributed by atoms with Gasteiger partial charge in [-0.25, -0.2) is 4.85 Å². The molecule has 6 heterocycles. The lowest BCUT2D eigenvalue weighted by Crippen LogP contribution is -2.61. The van der Waals surface area contributed by atoms with Crippen LogP contribution >= 0.6 is 22.7 Å². The van der Waals surface area contributed by atoms with E-state index in [1.807, 2.05) is 78.9 Å². The molecule has 0 fully saturated rings. The first kappa shape index (κ1) is 41.0. The lowest BCUT2D eigenvalue weighted by molar-refractivity contribution is 0.590. The minimum atomic E-state index is -0.691. The van der Waals surface area contributed by atoms with Gasteiger partial charge in [-0.05, 0) is 182 Å². The fourth-order valence-corrected chi connectivity index (χ4v) is 16.7. The molecule has 434 valence electrons. The number of anilines is 6. The van der Waals surface area contributed by atoms with Gasteiger partial charge in [-0.2, -0.15) is 5.26 Å². The molecule has 0 unspecified atom stereocenters. The first-order valence-corrected chi connectivity index (χ1v) is 32.1. The van der Waals surface area contributed by atoms with E-state index in [4.69, 9.17) is 10.7 Å². The van der Waals surface area contributed by atoms with Crippen molar-refractivity contribution in [1.82, 2.24) is 9.13 Å². The molecule has 0 N–H and O–H groups in total. The van der Waals surface area contributed by atoms with Crippen LogP contribution in [0.4, 0.5) is 39.8 Å². The molecule has 0 saturated carbocycles. The third-order valence-electron chi connectivity index (χ3n) is 18.6. The summed E-state index contributed by atoms with van der Waals surface area (Å²) in [6, 6.07) is 57.2. The molecule has 0 amide bonds. The Morgan fingerprint density at radius 2 is 0.935 bits per heavy atom. The van der Waals surface area contributed by atoms with Crippen molar-refractivity contribution in [2.75, 3.05) is 9.80 Å². The Morgan fingerprint density at radius 1 is 0.441 bits per heavy atom. The van der Waals surface area contributed by atoms with Crippen LogP contribution in [0.15, 0.2) is 267 Å². The van der Waals surface area contributed by atoms with E-state index < -0.39 is 108 Å². The number of nitrogens with zero attached hydrogens (tertiary/aromatic N) is 6. The monoisotopic (exact) mass is 1230 g/mol. The van der Waals surface area contributed by atoms with Crippen LogP contribution in [0.1, 0.15) is 51.1 Å². The number of rotatable bonds is 6. The Morgan fingerprint density at radius 3 is 1.44 bits per heavy atom. The molecule has 0 aliphatic carbocycles. The predicted molar refractivity (Wildman–Crippen MR) is 395 cm³/mol. The Hall–Kier alpha value is -11.5. The predicted octanol–water partition coefficient (Wildman–Crippen LogP) is 21.8. The normalized spacial score (nSPS) is 14.9. The van der Waals surface area contributed by atoms with Gasteiger partial charge >= 0.3 is 0 Å². The fraction of sp³-hybridized carbons (Fsp3) is 0.0476. The van der Waals surface area contributed by atoms with Crippen molar-refractivity contribution in [2.45, 2.75) is 26.2 Å². The standard InChI is InChI=1S/C84H53BN6S2/c1-84(2,3)55-44-75-83-76(45-55)91(72-26-16-28-80-82(72)64-43-54(31-40-78(64)93-80)52-19-9-6-10-20-52)74-48-58(89-68-24-14-12-22-60(68)62-46-56(87-4)32-38-70(62)89)34-36-66(74)85(83)65-35-33-57(88-67-23-13-11-21-59(67)61-41-50(49-86)29-37-69(61)88)47-73(65)90(75)71-25-15-27-79-81(71)63-42-53(30-39-77(63)92-79)51-17-7-5-8-18-51/h5-48H,1-3H3/i11D,12D,13D,14D,21D,22D,23D,24D,29D,32D,37D,38D,41D,46D. The number of nitriles is 1. The molecule has 93 heavy (non-hydrogen) atoms. The van der Waals surface area contributed by atoms with E-state index in [1.54, 1.807) is 31.8 Å². The van der Waals surface area contributed by atoms with Crippen LogP contribution in [-0.2, 0) is 5.41 Å². The van der Waals surface area contributed by atoms with E-state index in [1.165, 1.54) is 0 Å². The molecule has 0 spiro atoms. The van der Waals surface area contributed by atoms with E-state index in [2.05, 4.69) is 145 Å². The summed E-state index contributed by atoms with van der Waals surface area (Å²) in [7, 11) is 0. The Kier molecular flexibility index (Phi) is 8.83. The Labute approximate surface area is 565 Å². The van der Waals surface area contributed by atoms with Gasteiger partial charge in [0, 0.05) is 93.4 Å². The summed E-state index contributed by atoms with van der Waals surface area (Å²) in [6.45, 7) is 14.0. The molecule has 19 rings (SSSR count). The average Bonchev–Trinajstić information content (AvgIpc) is 1.65. The van der Waals surface area contributed by atoms with Gasteiger partial charge in [0.1, 0.15) is 0 Å². The van der Waals surface area contributed by atoms with Gasteiger partial charge in [0.05, 0.1) is 68.1 Å². The smallest absolute Gasteiger partial charge is 0.252 e. The van der Waals surface area contributed by atoms with Crippen molar-refractivity contribution in [3.05, 3.63) is 289 Å². The van der Waals surface area contributed by atoms with Crippen molar-refractivity contribution in [3.8, 4) is 39.7 Å². The van der Waals surface area contributed by atoms with E-state index >= 15 is 0 Å². The number of hydrogen-bond donors (Lipinski definition) is 0. The summed E-state index contributed by atoms with van der Waals surface area (Å²) in [5.41, 5.74) is 10.9. The molecule has 0 radical (unpaired) electrons. The topological polar surface area (TPSA) is 44.5 Å². The summed E-state index contributed by atoms with van der Waals surface area (Å²) >= 11 is 3.34. The second kappa shape index (κ2) is 20.0. The van der Waals surface area contributed by atoms with Crippen molar-refractivity contribution >= 4 is 170 Å². The number of aromatic nitrogens is 2. The Bertz CT molecular complexity index is 6640. The van der Waals surface area contributed by atoms with Crippen LogP contribution < -0.4 is 26.2 Å². The van der Waals surface area contributed by atoms with Gasteiger partial charge in [-0.3, -0.25) is 0 Å². The largest absolute Gasteiger partial charge is 0.311 e. The van der Waals surface area contributed by atoms with Crippen LogP contribution in [0.3, 0.4) is 0 Å². The van der Waals surface area contributed by atoms with Crippen molar-refractivity contribution in [3.63, 3.8) is 0 Å². The summed E-state index contributed by atoms with van der Waals surface area (Å²) in [4.78, 5) is 8.12. The number of hydrogen-bond acceptors (Lipinski definition) is 5. The maximum atomic E-state index is 10.5. The highest BCUT2D eigenvalue weighted by Gasteiger charge is 2.45. The molecule has 6 nitrogen and oxygen atoms in total. The SMILES string of the molecule is [2H]c1c([2H])c([2H])c2c(c1[2H])c1c([2H])c(C#N)c([2H])c([2H])c1n2-c1ccc2c(c1)N(c1cccc3sc4ccc(-c5ccccc5)cc4c13)c1cc(C(C)(C)C)cc3c1B2c1ccc(-n2c4c([2H])c([2H])c([2H])c([2H])c4c4c([2H])c([N+]#[C-])c([2H])c([2H])c42)cc1N3c1cccc2sc3ccc(-c4ccccc4)cc3c12. The third kappa shape index (κ3) is 7.92. The zero-order chi connectivity index (χ0) is 74.1. The van der Waals surface area contributed by atoms with Crippen LogP contribution in [0.25, 0.3) is 122 Å². The number of para-hydroxylation sites is 2. The van der Waals surface area contributed by atoms with Gasteiger partial charge in [0.15, 0.2) is 5.69 Å². The second-order valence-electron chi connectivity index (χ2n) is 24.7. The van der Waals surface area contributed by atoms with Crippen LogP contribution in [-0.4, -0.2) is 15.8 Å². The van der Waals surface area contributed by atoms with Crippen LogP contribution in [0, 0.1) is 17.9 Å². The zero-order valence-corrected chi connectivity index (χ0v) is 51.5. The number of benzene rings is 13. The van der Waals surface area contributed by atoms with Crippen LogP contribution in [0.2, 0.25) is 0 Å². The lowest BCUT2D eigenvalue weighted by atomic mass is 9.33. The molecular weight excluding hydrogens is 1170 g/mol. The lowest BCUT2D eigenvalue weighted by Gasteiger charge is -2.45. The third-order valence-corrected chi connectivity index (χ3v) is 20.9. The molecule has 0 saturated heterocycles. The van der Waals surface area contributed by atoms with E-state index in [-0.39, 0.29) is 43.6 Å². The molecular formula is C84H53BN6S2. The molecule has 0 atom stereocenters. The van der Waals surface area contributed by atoms with Gasteiger partial charge in [-0.15, -0.1) is 22.7 Å². The fourth-order valence-electron chi connectivity index (χ4n) is 14.5. The van der Waals surface area contributed by atoms with Crippen LogP contribution in [0.5, 0.6) is 0 Å². The van der Waals surface area contributed by atoms with Crippen molar-refractivity contribution < 1.29 is 19.2 Å². The highest BCUT2D eigenvalue weighted by molar-refractivity contribution is 7.26. The molecule has 4 aromatic heterocycles. The summed E-state index contributed by atoms with van der Waals surface area (Å²) in [5, 5.41) is 14.1. The summed E-state index contributed by atoms with van der Waals surface area (Å²) in [6.07, 6.45) is 0. The highest BCUT2D eigenvalue weighted by Crippen LogP contribution is 2.53. The van der Waals surface area contributed by atoms with E-state index in [9.17, 15) is 20.3 Å². The molecule has 2 aliphatic heterocycles.